The molecule has 1 aliphatic rings. The first-order valence-corrected chi connectivity index (χ1v) is 8.86. The van der Waals surface area contributed by atoms with Gasteiger partial charge in [-0.15, -0.1) is 0 Å². The Labute approximate surface area is 148 Å². The maximum absolute atomic E-state index is 12.4. The predicted molar refractivity (Wildman–Crippen MR) is 97.7 cm³/mol. The third-order valence-corrected chi connectivity index (χ3v) is 4.92. The molecule has 0 bridgehead atoms. The van der Waals surface area contributed by atoms with E-state index in [-0.39, 0.29) is 6.03 Å². The summed E-state index contributed by atoms with van der Waals surface area (Å²) in [4.78, 5) is 14.3. The molecular weight excluding hydrogens is 316 g/mol. The van der Waals surface area contributed by atoms with Gasteiger partial charge in [-0.25, -0.2) is 4.79 Å². The van der Waals surface area contributed by atoms with Gasteiger partial charge in [0.05, 0.1) is 5.69 Å². The van der Waals surface area contributed by atoms with Crippen molar-refractivity contribution in [2.75, 3.05) is 18.4 Å². The molecule has 2 N–H and O–H groups in total. The van der Waals surface area contributed by atoms with Crippen LogP contribution in [-0.2, 0) is 13.5 Å². The van der Waals surface area contributed by atoms with Gasteiger partial charge in [0, 0.05) is 26.2 Å². The maximum Gasteiger partial charge on any atom is 0.322 e. The van der Waals surface area contributed by atoms with Gasteiger partial charge in [-0.2, -0.15) is 5.10 Å². The summed E-state index contributed by atoms with van der Waals surface area (Å²) >= 11 is 0. The number of benzene rings is 1. The molecule has 0 spiro atoms. The molecule has 2 amide bonds. The van der Waals surface area contributed by atoms with Crippen LogP contribution in [0.4, 0.5) is 10.6 Å². The minimum absolute atomic E-state index is 0.0417. The van der Waals surface area contributed by atoms with E-state index in [1.165, 1.54) is 5.56 Å². The lowest BCUT2D eigenvalue weighted by Gasteiger charge is -2.32. The molecule has 1 aliphatic heterocycles. The zero-order valence-corrected chi connectivity index (χ0v) is 14.9. The van der Waals surface area contributed by atoms with Gasteiger partial charge < -0.3 is 10.0 Å². The largest absolute Gasteiger partial charge is 0.508 e. The molecule has 2 aromatic rings. The Morgan fingerprint density at radius 3 is 2.56 bits per heavy atom. The molecule has 2 heterocycles. The number of aromatic nitrogens is 2. The third-order valence-electron chi connectivity index (χ3n) is 4.92. The number of rotatable bonds is 4. The average Bonchev–Trinajstić information content (AvgIpc) is 2.92. The SMILES string of the molecule is Cc1cc(NC(=O)N2CCC(CCc3ccc(O)cc3)CC2)n(C)n1. The van der Waals surface area contributed by atoms with Crippen molar-refractivity contribution in [1.29, 1.82) is 0 Å². The summed E-state index contributed by atoms with van der Waals surface area (Å²) in [5.74, 6) is 1.69. The van der Waals surface area contributed by atoms with Crippen molar-refractivity contribution >= 4 is 11.8 Å². The average molecular weight is 342 g/mol. The van der Waals surface area contributed by atoms with E-state index in [4.69, 9.17) is 0 Å². The van der Waals surface area contributed by atoms with Crippen molar-refractivity contribution in [2.24, 2.45) is 13.0 Å². The molecule has 3 rings (SSSR count). The number of likely N-dealkylation sites (tertiary alicyclic amines) is 1. The van der Waals surface area contributed by atoms with Crippen molar-refractivity contribution in [1.82, 2.24) is 14.7 Å². The molecule has 1 aromatic heterocycles. The van der Waals surface area contributed by atoms with Crippen LogP contribution in [0.2, 0.25) is 0 Å². The summed E-state index contributed by atoms with van der Waals surface area (Å²) in [7, 11) is 1.83. The number of aryl methyl sites for hydroxylation is 3. The summed E-state index contributed by atoms with van der Waals surface area (Å²) in [6.45, 7) is 3.50. The van der Waals surface area contributed by atoms with Crippen molar-refractivity contribution in [3.8, 4) is 5.75 Å². The number of piperidine rings is 1. The van der Waals surface area contributed by atoms with Gasteiger partial charge in [0.25, 0.3) is 0 Å². The molecule has 6 nitrogen and oxygen atoms in total. The van der Waals surface area contributed by atoms with Gasteiger partial charge in [0.2, 0.25) is 0 Å². The lowest BCUT2D eigenvalue weighted by Crippen LogP contribution is -2.41. The zero-order chi connectivity index (χ0) is 17.8. The van der Waals surface area contributed by atoms with Crippen LogP contribution in [-0.4, -0.2) is 38.9 Å². The van der Waals surface area contributed by atoms with E-state index in [1.807, 2.05) is 37.1 Å². The van der Waals surface area contributed by atoms with E-state index in [1.54, 1.807) is 16.8 Å². The van der Waals surface area contributed by atoms with E-state index in [0.29, 0.717) is 11.7 Å². The van der Waals surface area contributed by atoms with Crippen molar-refractivity contribution < 1.29 is 9.90 Å². The Morgan fingerprint density at radius 2 is 1.96 bits per heavy atom. The number of carbonyl (C=O) groups excluding carboxylic acids is 1. The molecule has 0 atom stereocenters. The van der Waals surface area contributed by atoms with E-state index >= 15 is 0 Å². The number of carbonyl (C=O) groups is 1. The fraction of sp³-hybridized carbons (Fsp3) is 0.474. The number of aromatic hydroxyl groups is 1. The Morgan fingerprint density at radius 1 is 1.28 bits per heavy atom. The Balaban J connectivity index is 1.44. The van der Waals surface area contributed by atoms with Gasteiger partial charge in [-0.05, 0) is 56.2 Å². The number of hydrogen-bond donors (Lipinski definition) is 2. The van der Waals surface area contributed by atoms with Crippen LogP contribution in [0.5, 0.6) is 5.75 Å². The topological polar surface area (TPSA) is 70.4 Å². The maximum atomic E-state index is 12.4. The molecule has 134 valence electrons. The molecule has 0 saturated carbocycles. The van der Waals surface area contributed by atoms with Gasteiger partial charge in [-0.3, -0.25) is 10.00 Å². The number of anilines is 1. The molecule has 0 aliphatic carbocycles. The second-order valence-corrected chi connectivity index (χ2v) is 6.86. The molecule has 0 unspecified atom stereocenters. The van der Waals surface area contributed by atoms with Crippen molar-refractivity contribution in [2.45, 2.75) is 32.6 Å². The van der Waals surface area contributed by atoms with E-state index in [0.717, 1.165) is 50.3 Å². The molecule has 6 heteroatoms. The number of phenols is 1. The van der Waals surface area contributed by atoms with E-state index in [9.17, 15) is 9.90 Å². The van der Waals surface area contributed by atoms with Crippen LogP contribution in [0.1, 0.15) is 30.5 Å². The molecule has 0 radical (unpaired) electrons. The second kappa shape index (κ2) is 7.59. The predicted octanol–water partition coefficient (Wildman–Crippen LogP) is 3.31. The molecule has 1 fully saturated rings. The smallest absolute Gasteiger partial charge is 0.322 e. The Kier molecular flexibility index (Phi) is 5.26. The van der Waals surface area contributed by atoms with E-state index < -0.39 is 0 Å². The van der Waals surface area contributed by atoms with Crippen LogP contribution < -0.4 is 5.32 Å². The lowest BCUT2D eigenvalue weighted by molar-refractivity contribution is 0.180. The number of nitrogens with zero attached hydrogens (tertiary/aromatic N) is 3. The minimum Gasteiger partial charge on any atom is -0.508 e. The zero-order valence-electron chi connectivity index (χ0n) is 14.9. The number of phenolic OH excluding ortho intramolecular Hbond substituents is 1. The highest BCUT2D eigenvalue weighted by atomic mass is 16.3. The Hall–Kier alpha value is -2.50. The normalized spacial score (nSPS) is 15.4. The van der Waals surface area contributed by atoms with Crippen LogP contribution in [0.25, 0.3) is 0 Å². The third kappa shape index (κ3) is 4.53. The molecule has 1 aromatic carbocycles. The Bertz CT molecular complexity index is 716. The summed E-state index contributed by atoms with van der Waals surface area (Å²) in [5.41, 5.74) is 2.15. The first kappa shape index (κ1) is 17.3. The first-order valence-electron chi connectivity index (χ1n) is 8.86. The number of urea groups is 1. The minimum atomic E-state index is -0.0417. The quantitative estimate of drug-likeness (QED) is 0.895. The van der Waals surface area contributed by atoms with Crippen LogP contribution >= 0.6 is 0 Å². The highest BCUT2D eigenvalue weighted by molar-refractivity contribution is 5.88. The molecular formula is C19H26N4O2. The van der Waals surface area contributed by atoms with Crippen LogP contribution in [0.15, 0.2) is 30.3 Å². The fourth-order valence-electron chi connectivity index (χ4n) is 3.37. The molecule has 25 heavy (non-hydrogen) atoms. The summed E-state index contributed by atoms with van der Waals surface area (Å²) in [6.07, 6.45) is 4.22. The van der Waals surface area contributed by atoms with Gasteiger partial charge in [0.15, 0.2) is 0 Å². The second-order valence-electron chi connectivity index (χ2n) is 6.86. The fourth-order valence-corrected chi connectivity index (χ4v) is 3.37. The lowest BCUT2D eigenvalue weighted by atomic mass is 9.90. The highest BCUT2D eigenvalue weighted by Crippen LogP contribution is 2.23. The standard InChI is InChI=1S/C19H26N4O2/c1-14-13-18(22(2)21-14)20-19(25)23-11-9-16(10-12-23)4-3-15-5-7-17(24)8-6-15/h5-8,13,16,24H,3-4,9-12H2,1-2H3,(H,20,25). The summed E-state index contributed by atoms with van der Waals surface area (Å²) < 4.78 is 1.69. The summed E-state index contributed by atoms with van der Waals surface area (Å²) in [5, 5.41) is 16.5. The van der Waals surface area contributed by atoms with Crippen LogP contribution in [0, 0.1) is 12.8 Å². The van der Waals surface area contributed by atoms with Gasteiger partial charge in [0.1, 0.15) is 11.6 Å². The monoisotopic (exact) mass is 342 g/mol. The van der Waals surface area contributed by atoms with Crippen LogP contribution in [0.3, 0.4) is 0 Å². The first-order chi connectivity index (χ1) is 12.0. The summed E-state index contributed by atoms with van der Waals surface area (Å²) in [6, 6.07) is 9.27. The van der Waals surface area contributed by atoms with Gasteiger partial charge in [-0.1, -0.05) is 12.1 Å². The number of nitrogens with one attached hydrogen (secondary N) is 1. The number of amides is 2. The number of hydrogen-bond acceptors (Lipinski definition) is 3. The molecule has 1 saturated heterocycles. The van der Waals surface area contributed by atoms with Crippen molar-refractivity contribution in [3.05, 3.63) is 41.6 Å². The van der Waals surface area contributed by atoms with Gasteiger partial charge >= 0.3 is 6.03 Å². The van der Waals surface area contributed by atoms with E-state index in [2.05, 4.69) is 10.4 Å². The van der Waals surface area contributed by atoms with Crippen molar-refractivity contribution in [3.63, 3.8) is 0 Å². The highest BCUT2D eigenvalue weighted by Gasteiger charge is 2.23.